The highest BCUT2D eigenvalue weighted by atomic mass is 35.5. The lowest BCUT2D eigenvalue weighted by Crippen LogP contribution is -2.44. The highest BCUT2D eigenvalue weighted by molar-refractivity contribution is 6.30. The molecule has 116 valence electrons. The van der Waals surface area contributed by atoms with Crippen LogP contribution in [-0.2, 0) is 11.2 Å². The molecule has 0 unspecified atom stereocenters. The molecule has 1 amide bonds. The number of nitrogens with one attached hydrogen (secondary N) is 1. The van der Waals surface area contributed by atoms with Gasteiger partial charge in [-0.25, -0.2) is 9.97 Å². The van der Waals surface area contributed by atoms with Crippen LogP contribution in [-0.4, -0.2) is 35.0 Å². The molecule has 5 nitrogen and oxygen atoms in total. The maximum atomic E-state index is 11.1. The minimum Gasteiger partial charge on any atom is -0.356 e. The number of aryl methyl sites for hydroxylation is 1. The second kappa shape index (κ2) is 7.07. The predicted octanol–water partition coefficient (Wildman–Crippen LogP) is 2.50. The van der Waals surface area contributed by atoms with Crippen molar-refractivity contribution in [3.8, 4) is 0 Å². The van der Waals surface area contributed by atoms with Crippen molar-refractivity contribution >= 4 is 23.3 Å². The fourth-order valence-corrected chi connectivity index (χ4v) is 2.87. The third-order valence-corrected chi connectivity index (χ3v) is 4.15. The Balaban J connectivity index is 2.10. The van der Waals surface area contributed by atoms with Crippen molar-refractivity contribution in [3.05, 3.63) is 16.5 Å². The largest absolute Gasteiger partial charge is 0.356 e. The van der Waals surface area contributed by atoms with Crippen molar-refractivity contribution in [2.75, 3.05) is 18.0 Å². The van der Waals surface area contributed by atoms with E-state index in [1.165, 1.54) is 0 Å². The van der Waals surface area contributed by atoms with E-state index in [2.05, 4.69) is 27.1 Å². The molecule has 6 heteroatoms. The van der Waals surface area contributed by atoms with Crippen LogP contribution in [0.4, 0.5) is 5.82 Å². The Labute approximate surface area is 131 Å². The first-order valence-electron chi connectivity index (χ1n) is 7.56. The van der Waals surface area contributed by atoms with Crippen LogP contribution in [0.1, 0.15) is 44.5 Å². The van der Waals surface area contributed by atoms with E-state index in [1.807, 2.05) is 6.92 Å². The van der Waals surface area contributed by atoms with Crippen molar-refractivity contribution in [1.82, 2.24) is 15.3 Å². The number of rotatable bonds is 4. The molecule has 2 rings (SSSR count). The summed E-state index contributed by atoms with van der Waals surface area (Å²) in [6, 6.07) is 0.270. The van der Waals surface area contributed by atoms with Gasteiger partial charge in [-0.1, -0.05) is 18.5 Å². The number of carbonyl (C=O) groups excluding carboxylic acids is 1. The quantitative estimate of drug-likeness (QED) is 0.868. The first kappa shape index (κ1) is 16.0. The molecule has 1 aliphatic heterocycles. The first-order valence-corrected chi connectivity index (χ1v) is 7.94. The Morgan fingerprint density at radius 1 is 1.38 bits per heavy atom. The number of nitrogens with zero attached hydrogens (tertiary/aromatic N) is 3. The number of halogens is 1. The van der Waals surface area contributed by atoms with Crippen molar-refractivity contribution < 1.29 is 4.79 Å². The summed E-state index contributed by atoms with van der Waals surface area (Å²) in [5.41, 5.74) is 0.939. The van der Waals surface area contributed by atoms with Crippen LogP contribution in [0.2, 0.25) is 5.15 Å². The smallest absolute Gasteiger partial charge is 0.217 e. The molecule has 1 aromatic rings. The van der Waals surface area contributed by atoms with Crippen molar-refractivity contribution in [1.29, 1.82) is 0 Å². The van der Waals surface area contributed by atoms with Gasteiger partial charge in [0, 0.05) is 38.0 Å². The number of hydrogen-bond acceptors (Lipinski definition) is 4. The van der Waals surface area contributed by atoms with E-state index in [9.17, 15) is 4.79 Å². The molecule has 1 N–H and O–H groups in total. The number of piperidine rings is 1. The van der Waals surface area contributed by atoms with Crippen molar-refractivity contribution in [3.63, 3.8) is 0 Å². The highest BCUT2D eigenvalue weighted by Crippen LogP contribution is 2.26. The van der Waals surface area contributed by atoms with Crippen LogP contribution < -0.4 is 10.2 Å². The maximum absolute atomic E-state index is 11.1. The third kappa shape index (κ3) is 4.06. The second-order valence-electron chi connectivity index (χ2n) is 5.59. The minimum atomic E-state index is 0.0416. The Kier molecular flexibility index (Phi) is 5.39. The van der Waals surface area contributed by atoms with Crippen molar-refractivity contribution in [2.45, 2.75) is 52.5 Å². The van der Waals surface area contributed by atoms with Gasteiger partial charge in [-0.2, -0.15) is 0 Å². The van der Waals surface area contributed by atoms with Gasteiger partial charge in [-0.3, -0.25) is 4.79 Å². The van der Waals surface area contributed by atoms with Crippen molar-refractivity contribution in [2.24, 2.45) is 0 Å². The van der Waals surface area contributed by atoms with Gasteiger partial charge in [0.05, 0.1) is 0 Å². The Bertz CT molecular complexity index is 513. The molecule has 0 aromatic carbocycles. The average Bonchev–Trinajstić information content (AvgIpc) is 2.43. The van der Waals surface area contributed by atoms with E-state index in [1.54, 1.807) is 6.92 Å². The average molecular weight is 311 g/mol. The van der Waals surface area contributed by atoms with Gasteiger partial charge in [0.15, 0.2) is 0 Å². The van der Waals surface area contributed by atoms with Crippen LogP contribution in [0.5, 0.6) is 0 Å². The zero-order chi connectivity index (χ0) is 15.4. The van der Waals surface area contributed by atoms with E-state index in [0.717, 1.165) is 56.0 Å². The summed E-state index contributed by atoms with van der Waals surface area (Å²) in [5, 5.41) is 3.54. The molecule has 0 spiro atoms. The number of amides is 1. The Morgan fingerprint density at radius 3 is 2.62 bits per heavy atom. The van der Waals surface area contributed by atoms with Crippen LogP contribution in [0.25, 0.3) is 0 Å². The van der Waals surface area contributed by atoms with Crippen LogP contribution >= 0.6 is 11.6 Å². The van der Waals surface area contributed by atoms with E-state index < -0.39 is 0 Å². The Morgan fingerprint density at radius 2 is 2.05 bits per heavy atom. The van der Waals surface area contributed by atoms with Gasteiger partial charge in [-0.05, 0) is 26.2 Å². The van der Waals surface area contributed by atoms with E-state index in [4.69, 9.17) is 11.6 Å². The number of anilines is 1. The third-order valence-electron chi connectivity index (χ3n) is 3.78. The first-order chi connectivity index (χ1) is 10.0. The van der Waals surface area contributed by atoms with Gasteiger partial charge in [0.2, 0.25) is 5.91 Å². The maximum Gasteiger partial charge on any atom is 0.217 e. The molecule has 21 heavy (non-hydrogen) atoms. The molecule has 0 aliphatic carbocycles. The number of carbonyl (C=O) groups is 1. The summed E-state index contributed by atoms with van der Waals surface area (Å²) in [5.74, 6) is 1.80. The lowest BCUT2D eigenvalue weighted by molar-refractivity contribution is -0.119. The fourth-order valence-electron chi connectivity index (χ4n) is 2.69. The summed E-state index contributed by atoms with van der Waals surface area (Å²) in [4.78, 5) is 22.4. The molecule has 0 radical (unpaired) electrons. The van der Waals surface area contributed by atoms with Gasteiger partial charge in [0.25, 0.3) is 0 Å². The van der Waals surface area contributed by atoms with Gasteiger partial charge < -0.3 is 10.2 Å². The van der Waals surface area contributed by atoms with E-state index in [-0.39, 0.29) is 11.9 Å². The second-order valence-corrected chi connectivity index (χ2v) is 5.95. The summed E-state index contributed by atoms with van der Waals surface area (Å²) in [7, 11) is 0. The monoisotopic (exact) mass is 310 g/mol. The zero-order valence-electron chi connectivity index (χ0n) is 12.9. The molecule has 1 saturated heterocycles. The Hall–Kier alpha value is -1.36. The number of aromatic nitrogens is 2. The van der Waals surface area contributed by atoms with Crippen LogP contribution in [0, 0.1) is 6.92 Å². The standard InChI is InChI=1S/C15H23ClN4O/c1-4-5-13-18-14(16)10(2)15(19-13)20-8-6-12(7-9-20)17-11(3)21/h12H,4-9H2,1-3H3,(H,17,21). The highest BCUT2D eigenvalue weighted by Gasteiger charge is 2.23. The minimum absolute atomic E-state index is 0.0416. The SMILES string of the molecule is CCCc1nc(Cl)c(C)c(N2CCC(NC(C)=O)CC2)n1. The molecule has 1 fully saturated rings. The van der Waals surface area contributed by atoms with E-state index >= 15 is 0 Å². The lowest BCUT2D eigenvalue weighted by atomic mass is 10.0. The zero-order valence-corrected chi connectivity index (χ0v) is 13.7. The topological polar surface area (TPSA) is 58.1 Å². The normalized spacial score (nSPS) is 16.1. The molecule has 1 aromatic heterocycles. The molecular weight excluding hydrogens is 288 g/mol. The molecule has 2 heterocycles. The van der Waals surface area contributed by atoms with Gasteiger partial charge in [0.1, 0.15) is 16.8 Å². The molecule has 0 atom stereocenters. The summed E-state index contributed by atoms with van der Waals surface area (Å²) in [6.45, 7) is 7.40. The van der Waals surface area contributed by atoms with Crippen LogP contribution in [0.3, 0.4) is 0 Å². The molecule has 0 bridgehead atoms. The predicted molar refractivity (Wildman–Crippen MR) is 84.8 cm³/mol. The summed E-state index contributed by atoms with van der Waals surface area (Å²) >= 11 is 6.24. The van der Waals surface area contributed by atoms with Gasteiger partial charge in [-0.15, -0.1) is 0 Å². The lowest BCUT2D eigenvalue weighted by Gasteiger charge is -2.34. The van der Waals surface area contributed by atoms with Gasteiger partial charge >= 0.3 is 0 Å². The summed E-state index contributed by atoms with van der Waals surface area (Å²) < 4.78 is 0. The molecule has 1 aliphatic rings. The molecule has 0 saturated carbocycles. The fraction of sp³-hybridized carbons (Fsp3) is 0.667. The van der Waals surface area contributed by atoms with Crippen LogP contribution in [0.15, 0.2) is 0 Å². The van der Waals surface area contributed by atoms with E-state index in [0.29, 0.717) is 5.15 Å². The molecular formula is C15H23ClN4O. The summed E-state index contributed by atoms with van der Waals surface area (Å²) in [6.07, 6.45) is 3.71. The number of hydrogen-bond donors (Lipinski definition) is 1.